The molecule has 18 heavy (non-hydrogen) atoms. The molecule has 2 rings (SSSR count). The fourth-order valence-corrected chi connectivity index (χ4v) is 2.98. The molecular weight excluding hydrogens is 244 g/mol. The Morgan fingerprint density at radius 1 is 1.17 bits per heavy atom. The molecule has 0 bridgehead atoms. The Kier molecular flexibility index (Phi) is 4.17. The highest BCUT2D eigenvalue weighted by Crippen LogP contribution is 2.33. The molecule has 1 unspecified atom stereocenters. The maximum atomic E-state index is 10.7. The van der Waals surface area contributed by atoms with E-state index in [1.807, 2.05) is 47.8 Å². The van der Waals surface area contributed by atoms with Crippen molar-refractivity contribution < 1.29 is 10.2 Å². The normalized spacial score (nSPS) is 16.2. The number of benzene rings is 1. The lowest BCUT2D eigenvalue weighted by atomic mass is 9.89. The van der Waals surface area contributed by atoms with E-state index in [1.54, 1.807) is 6.92 Å². The van der Waals surface area contributed by atoms with Crippen molar-refractivity contribution in [1.82, 2.24) is 0 Å². The van der Waals surface area contributed by atoms with Crippen LogP contribution in [0.15, 0.2) is 47.8 Å². The molecule has 1 aromatic heterocycles. The average Bonchev–Trinajstić information content (AvgIpc) is 2.91. The van der Waals surface area contributed by atoms with Crippen molar-refractivity contribution in [3.63, 3.8) is 0 Å². The van der Waals surface area contributed by atoms with Gasteiger partial charge >= 0.3 is 0 Å². The van der Waals surface area contributed by atoms with E-state index in [4.69, 9.17) is 0 Å². The highest BCUT2D eigenvalue weighted by atomic mass is 32.1. The van der Waals surface area contributed by atoms with Gasteiger partial charge < -0.3 is 10.2 Å². The summed E-state index contributed by atoms with van der Waals surface area (Å²) in [4.78, 5) is 0.827. The molecule has 0 amide bonds. The van der Waals surface area contributed by atoms with Gasteiger partial charge in [0, 0.05) is 4.88 Å². The third-order valence-corrected chi connectivity index (χ3v) is 4.31. The van der Waals surface area contributed by atoms with E-state index in [0.29, 0.717) is 6.42 Å². The zero-order chi connectivity index (χ0) is 13.0. The van der Waals surface area contributed by atoms with E-state index < -0.39 is 11.7 Å². The lowest BCUT2D eigenvalue weighted by Crippen LogP contribution is -2.37. The van der Waals surface area contributed by atoms with Gasteiger partial charge in [0.25, 0.3) is 0 Å². The molecule has 0 spiro atoms. The molecule has 2 nitrogen and oxygen atoms in total. The highest BCUT2D eigenvalue weighted by molar-refractivity contribution is 7.10. The molecule has 2 N–H and O–H groups in total. The van der Waals surface area contributed by atoms with Crippen LogP contribution in [0.3, 0.4) is 0 Å². The van der Waals surface area contributed by atoms with Crippen LogP contribution in [0.25, 0.3) is 0 Å². The lowest BCUT2D eigenvalue weighted by Gasteiger charge is -2.30. The first-order valence-electron chi connectivity index (χ1n) is 6.11. The predicted octanol–water partition coefficient (Wildman–Crippen LogP) is 2.95. The van der Waals surface area contributed by atoms with Crippen molar-refractivity contribution in [1.29, 1.82) is 0 Å². The third-order valence-electron chi connectivity index (χ3n) is 3.28. The minimum Gasteiger partial charge on any atom is -0.390 e. The van der Waals surface area contributed by atoms with Crippen molar-refractivity contribution >= 4 is 11.3 Å². The fourth-order valence-electron chi connectivity index (χ4n) is 2.04. The summed E-state index contributed by atoms with van der Waals surface area (Å²) in [5.41, 5.74) is 0.0254. The van der Waals surface area contributed by atoms with Gasteiger partial charge in [-0.05, 0) is 36.8 Å². The van der Waals surface area contributed by atoms with Crippen LogP contribution in [0, 0.1) is 0 Å². The summed E-state index contributed by atoms with van der Waals surface area (Å²) in [6.45, 7) is 1.64. The molecule has 0 aliphatic rings. The Labute approximate surface area is 112 Å². The molecule has 0 saturated carbocycles. The minimum atomic E-state index is -1.15. The molecular formula is C15H18O2S. The Balaban J connectivity index is 2.13. The molecule has 2 aromatic rings. The van der Waals surface area contributed by atoms with Gasteiger partial charge in [-0.25, -0.2) is 0 Å². The van der Waals surface area contributed by atoms with Gasteiger partial charge in [0.1, 0.15) is 5.60 Å². The minimum absolute atomic E-state index is 0.523. The van der Waals surface area contributed by atoms with Crippen LogP contribution < -0.4 is 0 Å². The summed E-state index contributed by atoms with van der Waals surface area (Å²) in [6, 6.07) is 13.8. The second-order valence-corrected chi connectivity index (χ2v) is 5.51. The smallest absolute Gasteiger partial charge is 0.124 e. The van der Waals surface area contributed by atoms with Crippen LogP contribution in [0.5, 0.6) is 0 Å². The topological polar surface area (TPSA) is 40.5 Å². The Bertz CT molecular complexity index is 465. The summed E-state index contributed by atoms with van der Waals surface area (Å²) < 4.78 is 0. The first-order valence-corrected chi connectivity index (χ1v) is 6.99. The van der Waals surface area contributed by atoms with Crippen LogP contribution in [-0.2, 0) is 12.0 Å². The second kappa shape index (κ2) is 5.65. The quantitative estimate of drug-likeness (QED) is 0.869. The summed E-state index contributed by atoms with van der Waals surface area (Å²) >= 11 is 1.48. The highest BCUT2D eigenvalue weighted by Gasteiger charge is 2.35. The van der Waals surface area contributed by atoms with Gasteiger partial charge in [0.2, 0.25) is 0 Å². The first-order chi connectivity index (χ1) is 8.63. The molecule has 2 atom stereocenters. The Morgan fingerprint density at radius 2 is 1.89 bits per heavy atom. The van der Waals surface area contributed by atoms with E-state index >= 15 is 0 Å². The van der Waals surface area contributed by atoms with E-state index in [1.165, 1.54) is 16.9 Å². The Hall–Kier alpha value is -1.16. The van der Waals surface area contributed by atoms with Crippen molar-refractivity contribution in [2.24, 2.45) is 0 Å². The van der Waals surface area contributed by atoms with Gasteiger partial charge in [-0.15, -0.1) is 11.3 Å². The summed E-state index contributed by atoms with van der Waals surface area (Å²) in [6.07, 6.45) is 0.495. The number of aryl methyl sites for hydroxylation is 1. The van der Waals surface area contributed by atoms with Gasteiger partial charge in [-0.3, -0.25) is 0 Å². The summed E-state index contributed by atoms with van der Waals surface area (Å²) in [5.74, 6) is 0. The van der Waals surface area contributed by atoms with Crippen LogP contribution in [0.4, 0.5) is 0 Å². The maximum absolute atomic E-state index is 10.7. The summed E-state index contributed by atoms with van der Waals surface area (Å²) in [5, 5.41) is 22.5. The van der Waals surface area contributed by atoms with Crippen molar-refractivity contribution in [2.75, 3.05) is 0 Å². The monoisotopic (exact) mass is 262 g/mol. The predicted molar refractivity (Wildman–Crippen MR) is 74.7 cm³/mol. The van der Waals surface area contributed by atoms with E-state index in [9.17, 15) is 10.2 Å². The number of hydrogen-bond acceptors (Lipinski definition) is 3. The molecule has 0 aliphatic heterocycles. The van der Waals surface area contributed by atoms with Crippen molar-refractivity contribution in [2.45, 2.75) is 31.5 Å². The van der Waals surface area contributed by atoms with Crippen LogP contribution >= 0.6 is 11.3 Å². The van der Waals surface area contributed by atoms with Gasteiger partial charge in [0.15, 0.2) is 0 Å². The fraction of sp³-hybridized carbons (Fsp3) is 0.333. The number of aliphatic hydroxyl groups is 2. The number of thiophene rings is 1. The number of hydrogen-bond donors (Lipinski definition) is 2. The Morgan fingerprint density at radius 3 is 2.44 bits per heavy atom. The van der Waals surface area contributed by atoms with Crippen LogP contribution in [0.2, 0.25) is 0 Å². The number of aliphatic hydroxyl groups excluding tert-OH is 1. The molecule has 0 radical (unpaired) electrons. The zero-order valence-electron chi connectivity index (χ0n) is 10.4. The van der Waals surface area contributed by atoms with Crippen molar-refractivity contribution in [3.8, 4) is 0 Å². The van der Waals surface area contributed by atoms with Crippen molar-refractivity contribution in [3.05, 3.63) is 58.3 Å². The van der Waals surface area contributed by atoms with E-state index in [2.05, 4.69) is 0 Å². The second-order valence-electron chi connectivity index (χ2n) is 4.56. The zero-order valence-corrected chi connectivity index (χ0v) is 11.2. The van der Waals surface area contributed by atoms with Gasteiger partial charge in [-0.2, -0.15) is 0 Å². The van der Waals surface area contributed by atoms with Crippen LogP contribution in [-0.4, -0.2) is 16.3 Å². The number of rotatable bonds is 5. The molecule has 1 heterocycles. The molecule has 0 fully saturated rings. The molecule has 96 valence electrons. The maximum Gasteiger partial charge on any atom is 0.124 e. The SMILES string of the molecule is C[C@H](O)C(O)(CCc1ccccc1)c1cccs1. The standard InChI is InChI=1S/C15H18O2S/c1-12(16)15(17,14-8-5-11-18-14)10-9-13-6-3-2-4-7-13/h2-8,11-12,16-17H,9-10H2,1H3/t12-,15?/m0/s1. The third kappa shape index (κ3) is 2.80. The molecule has 1 aromatic carbocycles. The largest absolute Gasteiger partial charge is 0.390 e. The summed E-state index contributed by atoms with van der Waals surface area (Å²) in [7, 11) is 0. The van der Waals surface area contributed by atoms with E-state index in [0.717, 1.165) is 11.3 Å². The first kappa shape index (κ1) is 13.3. The van der Waals surface area contributed by atoms with Crippen LogP contribution in [0.1, 0.15) is 23.8 Å². The van der Waals surface area contributed by atoms with E-state index in [-0.39, 0.29) is 0 Å². The molecule has 3 heteroatoms. The molecule has 0 saturated heterocycles. The van der Waals surface area contributed by atoms with Gasteiger partial charge in [-0.1, -0.05) is 36.4 Å². The molecule has 0 aliphatic carbocycles. The van der Waals surface area contributed by atoms with Gasteiger partial charge in [0.05, 0.1) is 6.10 Å². The average molecular weight is 262 g/mol. The lowest BCUT2D eigenvalue weighted by molar-refractivity contribution is -0.0745.